The van der Waals surface area contributed by atoms with E-state index in [4.69, 9.17) is 4.74 Å². The number of rotatable bonds is 4. The van der Waals surface area contributed by atoms with Crippen LogP contribution in [0.25, 0.3) is 5.69 Å². The molecule has 3 fully saturated rings. The number of aryl methyl sites for hydroxylation is 2. The monoisotopic (exact) mass is 449 g/mol. The molecule has 2 aromatic rings. The fourth-order valence-electron chi connectivity index (χ4n) is 6.66. The van der Waals surface area contributed by atoms with Crippen LogP contribution >= 0.6 is 0 Å². The molecule has 4 aliphatic rings. The number of aliphatic carboxylic acids is 1. The second-order valence-electron chi connectivity index (χ2n) is 9.91. The van der Waals surface area contributed by atoms with E-state index in [-0.39, 0.29) is 5.91 Å². The van der Waals surface area contributed by atoms with Crippen LogP contribution < -0.4 is 0 Å². The van der Waals surface area contributed by atoms with Crippen LogP contribution in [0, 0.1) is 25.7 Å². The SMILES string of the molecule is Cc1cccc(C)c1-n1nnnc1C1(N2C[C@@]34C=C[C@@H](O3)[C@H](C(=O)O)[C@@H]4C2=O)CCCCC1. The molecule has 6 rings (SSSR count). The number of amides is 1. The number of aromatic nitrogens is 4. The first-order valence-corrected chi connectivity index (χ1v) is 11.6. The van der Waals surface area contributed by atoms with Crippen molar-refractivity contribution in [2.75, 3.05) is 6.54 Å². The minimum Gasteiger partial charge on any atom is -0.481 e. The van der Waals surface area contributed by atoms with Crippen LogP contribution in [0.2, 0.25) is 0 Å². The van der Waals surface area contributed by atoms with Crippen molar-refractivity contribution >= 4 is 11.9 Å². The molecule has 1 amide bonds. The molecule has 1 spiro atoms. The van der Waals surface area contributed by atoms with Crippen LogP contribution in [0.5, 0.6) is 0 Å². The topological polar surface area (TPSA) is 110 Å². The summed E-state index contributed by atoms with van der Waals surface area (Å²) < 4.78 is 7.94. The Morgan fingerprint density at radius 1 is 1.18 bits per heavy atom. The normalized spacial score (nSPS) is 31.9. The van der Waals surface area contributed by atoms with Gasteiger partial charge in [0.1, 0.15) is 17.1 Å². The van der Waals surface area contributed by atoms with Crippen molar-refractivity contribution in [3.05, 3.63) is 47.3 Å². The van der Waals surface area contributed by atoms with Crippen molar-refractivity contribution in [3.8, 4) is 5.69 Å². The molecule has 2 saturated heterocycles. The van der Waals surface area contributed by atoms with Gasteiger partial charge in [0.2, 0.25) is 5.91 Å². The average molecular weight is 450 g/mol. The molecule has 33 heavy (non-hydrogen) atoms. The molecule has 3 aliphatic heterocycles. The summed E-state index contributed by atoms with van der Waals surface area (Å²) in [7, 11) is 0. The number of para-hydroxylation sites is 1. The second kappa shape index (κ2) is 6.96. The Morgan fingerprint density at radius 2 is 1.91 bits per heavy atom. The highest BCUT2D eigenvalue weighted by Crippen LogP contribution is 2.56. The van der Waals surface area contributed by atoms with E-state index in [0.29, 0.717) is 12.4 Å². The minimum absolute atomic E-state index is 0.160. The lowest BCUT2D eigenvalue weighted by molar-refractivity contribution is -0.150. The number of nitrogens with zero attached hydrogens (tertiary/aromatic N) is 5. The number of likely N-dealkylation sites (tertiary alicyclic amines) is 1. The lowest BCUT2D eigenvalue weighted by atomic mass is 9.77. The van der Waals surface area contributed by atoms with E-state index >= 15 is 0 Å². The quantitative estimate of drug-likeness (QED) is 0.713. The van der Waals surface area contributed by atoms with Gasteiger partial charge in [-0.1, -0.05) is 49.6 Å². The Kier molecular flexibility index (Phi) is 4.33. The zero-order valence-electron chi connectivity index (χ0n) is 18.8. The predicted molar refractivity (Wildman–Crippen MR) is 116 cm³/mol. The summed E-state index contributed by atoms with van der Waals surface area (Å²) in [5.41, 5.74) is 1.44. The van der Waals surface area contributed by atoms with Crippen LogP contribution in [0.3, 0.4) is 0 Å². The number of benzene rings is 1. The molecular weight excluding hydrogens is 422 g/mol. The third kappa shape index (κ3) is 2.65. The van der Waals surface area contributed by atoms with Crippen molar-refractivity contribution in [1.82, 2.24) is 25.1 Å². The Morgan fingerprint density at radius 3 is 2.61 bits per heavy atom. The molecule has 1 saturated carbocycles. The molecule has 1 N–H and O–H groups in total. The van der Waals surface area contributed by atoms with E-state index in [1.807, 2.05) is 43.0 Å². The van der Waals surface area contributed by atoms with E-state index in [0.717, 1.165) is 48.9 Å². The maximum absolute atomic E-state index is 13.9. The molecule has 1 aromatic carbocycles. The summed E-state index contributed by atoms with van der Waals surface area (Å²) in [6, 6.07) is 6.06. The number of carbonyl (C=O) groups is 2. The Balaban J connectivity index is 1.49. The lowest BCUT2D eigenvalue weighted by Gasteiger charge is -2.44. The van der Waals surface area contributed by atoms with Gasteiger partial charge in [-0.3, -0.25) is 9.59 Å². The standard InChI is InChI=1S/C24H27N5O4/c1-14-7-6-8-15(2)19(14)29-22(25-26-27-29)23(10-4-3-5-11-23)28-13-24-12-9-16(33-24)17(21(31)32)18(24)20(28)30/h6-9,12,16-18H,3-5,10-11,13H2,1-2H3,(H,31,32)/t16-,17+,18-,24-/m1/s1. The van der Waals surface area contributed by atoms with E-state index < -0.39 is 35.0 Å². The molecule has 2 bridgehead atoms. The van der Waals surface area contributed by atoms with Crippen molar-refractivity contribution in [2.45, 2.75) is 63.2 Å². The fraction of sp³-hybridized carbons (Fsp3) is 0.542. The summed E-state index contributed by atoms with van der Waals surface area (Å²) >= 11 is 0. The van der Waals surface area contributed by atoms with Crippen molar-refractivity contribution < 1.29 is 19.4 Å². The highest BCUT2D eigenvalue weighted by atomic mass is 16.5. The van der Waals surface area contributed by atoms with Gasteiger partial charge in [-0.2, -0.15) is 4.68 Å². The number of tetrazole rings is 1. The molecule has 1 aliphatic carbocycles. The zero-order valence-corrected chi connectivity index (χ0v) is 18.8. The van der Waals surface area contributed by atoms with Crippen LogP contribution in [0.4, 0.5) is 0 Å². The smallest absolute Gasteiger partial charge is 0.310 e. The van der Waals surface area contributed by atoms with Gasteiger partial charge in [0.05, 0.1) is 24.3 Å². The second-order valence-corrected chi connectivity index (χ2v) is 9.91. The summed E-state index contributed by atoms with van der Waals surface area (Å²) in [5, 5.41) is 22.8. The summed E-state index contributed by atoms with van der Waals surface area (Å²) in [6.07, 6.45) is 7.62. The van der Waals surface area contributed by atoms with Crippen molar-refractivity contribution in [3.63, 3.8) is 0 Å². The van der Waals surface area contributed by atoms with E-state index in [1.165, 1.54) is 0 Å². The first-order chi connectivity index (χ1) is 15.9. The number of hydrogen-bond acceptors (Lipinski definition) is 6. The summed E-state index contributed by atoms with van der Waals surface area (Å²) in [4.78, 5) is 27.9. The molecule has 1 aromatic heterocycles. The minimum atomic E-state index is -0.982. The highest BCUT2D eigenvalue weighted by Gasteiger charge is 2.69. The molecule has 9 nitrogen and oxygen atoms in total. The molecule has 4 atom stereocenters. The van der Waals surface area contributed by atoms with Gasteiger partial charge in [-0.15, -0.1) is 5.10 Å². The van der Waals surface area contributed by atoms with Crippen molar-refractivity contribution in [2.24, 2.45) is 11.8 Å². The largest absolute Gasteiger partial charge is 0.481 e. The number of carbonyl (C=O) groups excluding carboxylic acids is 1. The van der Waals surface area contributed by atoms with Crippen LogP contribution in [0.1, 0.15) is 49.1 Å². The first-order valence-electron chi connectivity index (χ1n) is 11.6. The Hall–Kier alpha value is -3.07. The number of hydrogen-bond donors (Lipinski definition) is 1. The number of ether oxygens (including phenoxy) is 1. The maximum atomic E-state index is 13.9. The van der Waals surface area contributed by atoms with Gasteiger partial charge in [0.25, 0.3) is 0 Å². The van der Waals surface area contributed by atoms with Gasteiger partial charge < -0.3 is 14.7 Å². The zero-order chi connectivity index (χ0) is 23.0. The first kappa shape index (κ1) is 20.5. The van der Waals surface area contributed by atoms with Gasteiger partial charge in [0, 0.05) is 0 Å². The van der Waals surface area contributed by atoms with Crippen molar-refractivity contribution in [1.29, 1.82) is 0 Å². The van der Waals surface area contributed by atoms with Gasteiger partial charge in [-0.05, 0) is 48.2 Å². The van der Waals surface area contributed by atoms with Gasteiger partial charge in [-0.25, -0.2) is 0 Å². The van der Waals surface area contributed by atoms with Crippen LogP contribution in [-0.4, -0.2) is 60.3 Å². The molecule has 4 heterocycles. The highest BCUT2D eigenvalue weighted by molar-refractivity contribution is 5.91. The molecule has 9 heteroatoms. The molecule has 0 unspecified atom stereocenters. The third-order valence-electron chi connectivity index (χ3n) is 8.12. The van der Waals surface area contributed by atoms with E-state index in [2.05, 4.69) is 15.5 Å². The van der Waals surface area contributed by atoms with Gasteiger partial charge in [0.15, 0.2) is 5.82 Å². The fourth-order valence-corrected chi connectivity index (χ4v) is 6.66. The summed E-state index contributed by atoms with van der Waals surface area (Å²) in [5.74, 6) is -2.07. The molecular formula is C24H27N5O4. The van der Waals surface area contributed by atoms with E-state index in [9.17, 15) is 14.7 Å². The lowest BCUT2D eigenvalue weighted by Crippen LogP contribution is -2.52. The van der Waals surface area contributed by atoms with Crippen LogP contribution in [-0.2, 0) is 19.9 Å². The number of carboxylic acid groups (broad SMARTS) is 1. The summed E-state index contributed by atoms with van der Waals surface area (Å²) in [6.45, 7) is 4.38. The Labute approximate surface area is 191 Å². The van der Waals surface area contributed by atoms with Crippen LogP contribution in [0.15, 0.2) is 30.4 Å². The molecule has 0 radical (unpaired) electrons. The van der Waals surface area contributed by atoms with Gasteiger partial charge >= 0.3 is 5.97 Å². The van der Waals surface area contributed by atoms with E-state index in [1.54, 1.807) is 10.8 Å². The Bertz CT molecular complexity index is 1160. The molecule has 172 valence electrons. The third-order valence-corrected chi connectivity index (χ3v) is 8.12. The number of carboxylic acids is 1. The average Bonchev–Trinajstić information content (AvgIpc) is 3.55. The maximum Gasteiger partial charge on any atom is 0.310 e. The predicted octanol–water partition coefficient (Wildman–Crippen LogP) is 2.31. The number of fused-ring (bicyclic) bond motifs is 1.